The highest BCUT2D eigenvalue weighted by atomic mass is 32.1. The molecular weight excluding hydrogens is 338 g/mol. The molecule has 0 bridgehead atoms. The third kappa shape index (κ3) is 2.61. The van der Waals surface area contributed by atoms with Crippen molar-refractivity contribution in [2.75, 3.05) is 0 Å². The summed E-state index contributed by atoms with van der Waals surface area (Å²) in [6, 6.07) is 16.4. The zero-order chi connectivity index (χ0) is 16.5. The predicted molar refractivity (Wildman–Crippen MR) is 98.6 cm³/mol. The van der Waals surface area contributed by atoms with Crippen molar-refractivity contribution in [3.63, 3.8) is 0 Å². The summed E-state index contributed by atoms with van der Waals surface area (Å²) in [5, 5.41) is 16.8. The monoisotopic (exact) mass is 353 g/mol. The summed E-state index contributed by atoms with van der Waals surface area (Å²) in [5.41, 5.74) is 2.92. The fraction of sp³-hybridized carbons (Fsp3) is 0.118. The molecule has 24 heavy (non-hydrogen) atoms. The topological polar surface area (TPSA) is 62.3 Å². The molecule has 5 nitrogen and oxygen atoms in total. The first-order valence-corrected chi connectivity index (χ1v) is 8.84. The molecule has 0 saturated carbocycles. The van der Waals surface area contributed by atoms with E-state index in [1.54, 1.807) is 11.3 Å². The van der Waals surface area contributed by atoms with Crippen LogP contribution in [0.1, 0.15) is 18.5 Å². The first-order chi connectivity index (χ1) is 11.7. The Morgan fingerprint density at radius 1 is 1.08 bits per heavy atom. The number of thiophene rings is 1. The lowest BCUT2D eigenvalue weighted by Crippen LogP contribution is -2.08. The van der Waals surface area contributed by atoms with Gasteiger partial charge in [0.2, 0.25) is 0 Å². The van der Waals surface area contributed by atoms with Gasteiger partial charge in [0.1, 0.15) is 5.69 Å². The van der Waals surface area contributed by atoms with E-state index in [1.165, 1.54) is 5.56 Å². The first-order valence-electron chi connectivity index (χ1n) is 7.55. The lowest BCUT2D eigenvalue weighted by Gasteiger charge is -2.15. The summed E-state index contributed by atoms with van der Waals surface area (Å²) >= 11 is 7.11. The molecule has 0 fully saturated rings. The summed E-state index contributed by atoms with van der Waals surface area (Å²) in [7, 11) is 0. The van der Waals surface area contributed by atoms with Gasteiger partial charge in [0, 0.05) is 0 Å². The fourth-order valence-corrected chi connectivity index (χ4v) is 3.70. The number of nitrogens with zero attached hydrogens (tertiary/aromatic N) is 3. The molecule has 4 rings (SSSR count). The van der Waals surface area contributed by atoms with Crippen molar-refractivity contribution in [2.24, 2.45) is 0 Å². The van der Waals surface area contributed by atoms with Gasteiger partial charge >= 0.3 is 0 Å². The van der Waals surface area contributed by atoms with Gasteiger partial charge in [-0.15, -0.1) is 11.3 Å². The molecule has 7 heteroatoms. The SMILES string of the molecule is CC(c1ccccc1)n1c(-c2cc(-c3cccs3)[nH]n2)n[nH]c1=S. The average Bonchev–Trinajstić information content (AvgIpc) is 3.35. The van der Waals surface area contributed by atoms with Crippen LogP contribution in [-0.2, 0) is 0 Å². The van der Waals surface area contributed by atoms with E-state index in [0.29, 0.717) is 4.77 Å². The van der Waals surface area contributed by atoms with Crippen molar-refractivity contribution < 1.29 is 0 Å². The van der Waals surface area contributed by atoms with Crippen molar-refractivity contribution in [3.8, 4) is 22.1 Å². The highest BCUT2D eigenvalue weighted by Crippen LogP contribution is 2.28. The van der Waals surface area contributed by atoms with Gasteiger partial charge in [-0.3, -0.25) is 14.8 Å². The second kappa shape index (κ2) is 6.18. The Bertz CT molecular complexity index is 995. The van der Waals surface area contributed by atoms with Crippen LogP contribution in [-0.4, -0.2) is 25.0 Å². The third-order valence-corrected chi connectivity index (χ3v) is 5.16. The van der Waals surface area contributed by atoms with Crippen molar-refractivity contribution in [3.05, 3.63) is 64.2 Å². The maximum atomic E-state index is 5.44. The molecule has 0 amide bonds. The molecule has 1 unspecified atom stereocenters. The van der Waals surface area contributed by atoms with E-state index < -0.39 is 0 Å². The minimum Gasteiger partial charge on any atom is -0.291 e. The van der Waals surface area contributed by atoms with Gasteiger partial charge in [-0.1, -0.05) is 36.4 Å². The molecule has 0 aliphatic heterocycles. The Labute approximate surface area is 148 Å². The molecule has 0 aliphatic rings. The van der Waals surface area contributed by atoms with E-state index in [4.69, 9.17) is 12.2 Å². The maximum Gasteiger partial charge on any atom is 0.196 e. The minimum atomic E-state index is 0.0642. The molecule has 0 radical (unpaired) electrons. The van der Waals surface area contributed by atoms with E-state index in [0.717, 1.165) is 22.1 Å². The second-order valence-electron chi connectivity index (χ2n) is 5.45. The highest BCUT2D eigenvalue weighted by Gasteiger charge is 2.18. The van der Waals surface area contributed by atoms with Gasteiger partial charge in [0.15, 0.2) is 10.6 Å². The molecule has 1 aromatic carbocycles. The number of aromatic amines is 2. The summed E-state index contributed by atoms with van der Waals surface area (Å²) in [5.74, 6) is 0.732. The molecule has 3 aromatic heterocycles. The molecule has 1 atom stereocenters. The number of hydrogen-bond acceptors (Lipinski definition) is 4. The van der Waals surface area contributed by atoms with Crippen molar-refractivity contribution in [1.29, 1.82) is 0 Å². The van der Waals surface area contributed by atoms with E-state index in [2.05, 4.69) is 45.5 Å². The van der Waals surface area contributed by atoms with Crippen LogP contribution < -0.4 is 0 Å². The van der Waals surface area contributed by atoms with E-state index in [1.807, 2.05) is 40.3 Å². The van der Waals surface area contributed by atoms with Gasteiger partial charge in [-0.25, -0.2) is 0 Å². The molecule has 2 N–H and O–H groups in total. The van der Waals surface area contributed by atoms with Gasteiger partial charge in [-0.05, 0) is 42.2 Å². The number of nitrogens with one attached hydrogen (secondary N) is 2. The molecule has 120 valence electrons. The van der Waals surface area contributed by atoms with E-state index >= 15 is 0 Å². The first kappa shape index (κ1) is 15.0. The van der Waals surface area contributed by atoms with E-state index in [9.17, 15) is 0 Å². The Kier molecular flexibility index (Phi) is 3.87. The number of rotatable bonds is 4. The lowest BCUT2D eigenvalue weighted by molar-refractivity contribution is 0.634. The van der Waals surface area contributed by atoms with Crippen LogP contribution >= 0.6 is 23.6 Å². The Morgan fingerprint density at radius 3 is 2.67 bits per heavy atom. The largest absolute Gasteiger partial charge is 0.291 e. The number of H-pyrrole nitrogens is 2. The standard InChI is InChI=1S/C17H15N5S2/c1-11(12-6-3-2-4-7-12)22-16(20-21-17(22)23)14-10-13(18-19-14)15-8-5-9-24-15/h2-11H,1H3,(H,18,19)(H,21,23). The highest BCUT2D eigenvalue weighted by molar-refractivity contribution is 7.71. The van der Waals surface area contributed by atoms with Crippen LogP contribution in [0.2, 0.25) is 0 Å². The van der Waals surface area contributed by atoms with Crippen molar-refractivity contribution >= 4 is 23.6 Å². The van der Waals surface area contributed by atoms with Crippen LogP contribution in [0, 0.1) is 4.77 Å². The van der Waals surface area contributed by atoms with Crippen molar-refractivity contribution in [1.82, 2.24) is 25.0 Å². The molecule has 3 heterocycles. The molecule has 0 saturated heterocycles. The van der Waals surface area contributed by atoms with Gasteiger partial charge in [0.25, 0.3) is 0 Å². The van der Waals surface area contributed by atoms with Crippen LogP contribution in [0.15, 0.2) is 53.9 Å². The zero-order valence-electron chi connectivity index (χ0n) is 12.9. The molecular formula is C17H15N5S2. The van der Waals surface area contributed by atoms with Crippen LogP contribution in [0.3, 0.4) is 0 Å². The summed E-state index contributed by atoms with van der Waals surface area (Å²) < 4.78 is 2.58. The summed E-state index contributed by atoms with van der Waals surface area (Å²) in [6.07, 6.45) is 0. The van der Waals surface area contributed by atoms with Crippen LogP contribution in [0.25, 0.3) is 22.1 Å². The number of aromatic nitrogens is 5. The normalized spacial score (nSPS) is 12.4. The lowest BCUT2D eigenvalue weighted by atomic mass is 10.1. The van der Waals surface area contributed by atoms with Crippen LogP contribution in [0.4, 0.5) is 0 Å². The summed E-state index contributed by atoms with van der Waals surface area (Å²) in [4.78, 5) is 1.14. The second-order valence-corrected chi connectivity index (χ2v) is 6.79. The fourth-order valence-electron chi connectivity index (χ4n) is 2.72. The Balaban J connectivity index is 1.77. The molecule has 0 spiro atoms. The summed E-state index contributed by atoms with van der Waals surface area (Å²) in [6.45, 7) is 2.11. The van der Waals surface area contributed by atoms with Crippen LogP contribution in [0.5, 0.6) is 0 Å². The quantitative estimate of drug-likeness (QED) is 0.524. The minimum absolute atomic E-state index is 0.0642. The average molecular weight is 353 g/mol. The van der Waals surface area contributed by atoms with Gasteiger partial charge in [0.05, 0.1) is 16.6 Å². The molecule has 4 aromatic rings. The Morgan fingerprint density at radius 2 is 1.92 bits per heavy atom. The zero-order valence-corrected chi connectivity index (χ0v) is 14.6. The maximum absolute atomic E-state index is 5.44. The Hall–Kier alpha value is -2.51. The number of hydrogen-bond donors (Lipinski definition) is 2. The van der Waals surface area contributed by atoms with Crippen molar-refractivity contribution in [2.45, 2.75) is 13.0 Å². The predicted octanol–water partition coefficient (Wildman–Crippen LogP) is 4.67. The number of benzene rings is 1. The molecule has 0 aliphatic carbocycles. The van der Waals surface area contributed by atoms with Gasteiger partial charge < -0.3 is 0 Å². The van der Waals surface area contributed by atoms with Gasteiger partial charge in [-0.2, -0.15) is 10.2 Å². The smallest absolute Gasteiger partial charge is 0.196 e. The third-order valence-electron chi connectivity index (χ3n) is 3.97. The van der Waals surface area contributed by atoms with E-state index in [-0.39, 0.29) is 6.04 Å².